The maximum atomic E-state index is 11.5. The number of carbonyl (C=O) groups excluding carboxylic acids is 1. The molecule has 0 amide bonds. The smallest absolute Gasteiger partial charge is 0.362 e. The number of rotatable bonds is 13. The first-order valence-corrected chi connectivity index (χ1v) is 8.27. The molecule has 3 atom stereocenters. The Hall–Kier alpha value is -1.89. The third-order valence-corrected chi connectivity index (χ3v) is 4.92. The number of hydrogen-bond donors (Lipinski definition) is 2. The maximum absolute atomic E-state index is 11.5. The Morgan fingerprint density at radius 3 is 1.79 bits per heavy atom. The fourth-order valence-corrected chi connectivity index (χ4v) is 3.22. The van der Waals surface area contributed by atoms with Crippen LogP contribution in [-0.4, -0.2) is 57.3 Å². The van der Waals surface area contributed by atoms with Gasteiger partial charge in [-0.2, -0.15) is 0 Å². The Labute approximate surface area is 143 Å². The second-order valence-electron chi connectivity index (χ2n) is 6.23. The van der Waals surface area contributed by atoms with Crippen LogP contribution in [-0.2, 0) is 14.4 Å². The van der Waals surface area contributed by atoms with Crippen LogP contribution < -0.4 is 5.11 Å². The van der Waals surface area contributed by atoms with E-state index in [-0.39, 0.29) is 6.54 Å². The lowest BCUT2D eigenvalue weighted by molar-refractivity contribution is -0.969. The molecule has 3 unspecified atom stereocenters. The quantitative estimate of drug-likeness (QED) is 0.293. The van der Waals surface area contributed by atoms with Gasteiger partial charge < -0.3 is 20.1 Å². The number of quaternary nitrogens is 1. The van der Waals surface area contributed by atoms with Crippen molar-refractivity contribution in [3.63, 3.8) is 0 Å². The Kier molecular flexibility index (Phi) is 9.28. The molecule has 0 bridgehead atoms. The summed E-state index contributed by atoms with van der Waals surface area (Å²) in [5, 5.41) is 30.3. The summed E-state index contributed by atoms with van der Waals surface area (Å²) in [5.74, 6) is -3.88. The van der Waals surface area contributed by atoms with Crippen molar-refractivity contribution in [2.75, 3.05) is 6.54 Å². The summed E-state index contributed by atoms with van der Waals surface area (Å²) in [5.41, 5.74) is 0. The number of unbranched alkanes of at least 4 members (excludes halogenated alkanes) is 4. The van der Waals surface area contributed by atoms with Crippen molar-refractivity contribution >= 4 is 17.9 Å². The molecule has 7 heteroatoms. The molecule has 0 heterocycles. The normalized spacial score (nSPS) is 17.3. The number of carboxylic acids is 3. The van der Waals surface area contributed by atoms with Gasteiger partial charge in [-0.3, -0.25) is 4.48 Å². The Bertz CT molecular complexity index is 412. The Balaban J connectivity index is 5.49. The highest BCUT2D eigenvalue weighted by molar-refractivity contribution is 5.76. The Morgan fingerprint density at radius 1 is 0.958 bits per heavy atom. The number of allylic oxidation sites excluding steroid dienone is 1. The summed E-state index contributed by atoms with van der Waals surface area (Å²) in [7, 11) is 0. The van der Waals surface area contributed by atoms with Crippen LogP contribution in [0.2, 0.25) is 0 Å². The predicted molar refractivity (Wildman–Crippen MR) is 87.1 cm³/mol. The van der Waals surface area contributed by atoms with Crippen LogP contribution >= 0.6 is 0 Å². The first kappa shape index (κ1) is 22.1. The zero-order chi connectivity index (χ0) is 18.9. The monoisotopic (exact) mass is 343 g/mol. The number of hydrogen-bond acceptors (Lipinski definition) is 4. The molecule has 2 N–H and O–H groups in total. The van der Waals surface area contributed by atoms with Crippen LogP contribution in [0, 0.1) is 0 Å². The van der Waals surface area contributed by atoms with Gasteiger partial charge in [0.05, 0.1) is 12.5 Å². The van der Waals surface area contributed by atoms with Crippen molar-refractivity contribution in [3.8, 4) is 0 Å². The lowest BCUT2D eigenvalue weighted by Gasteiger charge is -2.49. The highest BCUT2D eigenvalue weighted by Gasteiger charge is 2.50. The molecule has 138 valence electrons. The molecule has 0 spiro atoms. The molecule has 24 heavy (non-hydrogen) atoms. The summed E-state index contributed by atoms with van der Waals surface area (Å²) in [6.45, 7) is 7.84. The van der Waals surface area contributed by atoms with E-state index in [1.807, 2.05) is 6.08 Å². The van der Waals surface area contributed by atoms with Gasteiger partial charge in [0.15, 0.2) is 12.1 Å². The zero-order valence-electron chi connectivity index (χ0n) is 14.7. The minimum Gasteiger partial charge on any atom is -0.544 e. The molecular formula is C17H29NO6. The Morgan fingerprint density at radius 2 is 1.42 bits per heavy atom. The third-order valence-electron chi connectivity index (χ3n) is 4.92. The highest BCUT2D eigenvalue weighted by atomic mass is 16.4. The number of carboxylic acid groups (broad SMARTS) is 3. The highest BCUT2D eigenvalue weighted by Crippen LogP contribution is 2.27. The topological polar surface area (TPSA) is 115 Å². The average molecular weight is 343 g/mol. The molecule has 0 aromatic carbocycles. The van der Waals surface area contributed by atoms with Crippen molar-refractivity contribution in [3.05, 3.63) is 12.7 Å². The van der Waals surface area contributed by atoms with Crippen LogP contribution in [0.15, 0.2) is 12.7 Å². The molecule has 7 nitrogen and oxygen atoms in total. The standard InChI is InChI=1S/C17H29NO6/c1-5-6-7-8-9-10-11-18(12(2)15(19)20,13(3)16(21)22)14(4)17(23)24/h5,12-14H,1,6-11H2,2-4H3,(H2-,19,20,21,22,23,24). The number of carbonyl (C=O) groups is 3. The minimum absolute atomic E-state index is 0.157. The van der Waals surface area contributed by atoms with E-state index >= 15 is 0 Å². The fraction of sp³-hybridized carbons (Fsp3) is 0.706. The summed E-state index contributed by atoms with van der Waals surface area (Å²) in [6.07, 6.45) is 5.86. The second-order valence-corrected chi connectivity index (χ2v) is 6.23. The van der Waals surface area contributed by atoms with E-state index in [4.69, 9.17) is 0 Å². The molecule has 0 aromatic rings. The van der Waals surface area contributed by atoms with Crippen molar-refractivity contribution in [1.29, 1.82) is 0 Å². The van der Waals surface area contributed by atoms with E-state index in [2.05, 4.69) is 6.58 Å². The molecule has 0 aliphatic carbocycles. The summed E-state index contributed by atoms with van der Waals surface area (Å²) >= 11 is 0. The number of nitrogens with zero attached hydrogens (tertiary/aromatic N) is 1. The van der Waals surface area contributed by atoms with Gasteiger partial charge in [-0.1, -0.05) is 12.5 Å². The minimum atomic E-state index is -1.44. The van der Waals surface area contributed by atoms with Gasteiger partial charge in [-0.05, 0) is 46.5 Å². The lowest BCUT2D eigenvalue weighted by atomic mass is 10.00. The van der Waals surface area contributed by atoms with Gasteiger partial charge in [-0.15, -0.1) is 6.58 Å². The van der Waals surface area contributed by atoms with Gasteiger partial charge >= 0.3 is 11.9 Å². The van der Waals surface area contributed by atoms with E-state index in [1.54, 1.807) is 0 Å². The fourth-order valence-electron chi connectivity index (χ4n) is 3.22. The van der Waals surface area contributed by atoms with Crippen LogP contribution in [0.1, 0.15) is 52.9 Å². The van der Waals surface area contributed by atoms with E-state index in [1.165, 1.54) is 20.8 Å². The molecule has 0 radical (unpaired) electrons. The zero-order valence-corrected chi connectivity index (χ0v) is 14.7. The van der Waals surface area contributed by atoms with Crippen LogP contribution in [0.3, 0.4) is 0 Å². The largest absolute Gasteiger partial charge is 0.544 e. The summed E-state index contributed by atoms with van der Waals surface area (Å²) in [4.78, 5) is 34.5. The molecule has 0 saturated carbocycles. The maximum Gasteiger partial charge on any atom is 0.362 e. The van der Waals surface area contributed by atoms with E-state index in [0.29, 0.717) is 6.42 Å². The molecule has 0 aliphatic rings. The van der Waals surface area contributed by atoms with Crippen LogP contribution in [0.5, 0.6) is 0 Å². The lowest BCUT2D eigenvalue weighted by Crippen LogP contribution is -2.72. The number of aliphatic carboxylic acids is 3. The summed E-state index contributed by atoms with van der Waals surface area (Å²) in [6, 6.07) is -3.58. The van der Waals surface area contributed by atoms with Crippen molar-refractivity contribution in [2.45, 2.75) is 71.0 Å². The van der Waals surface area contributed by atoms with E-state index < -0.39 is 40.5 Å². The van der Waals surface area contributed by atoms with Crippen molar-refractivity contribution < 1.29 is 34.2 Å². The molecule has 0 fully saturated rings. The first-order chi connectivity index (χ1) is 11.1. The first-order valence-electron chi connectivity index (χ1n) is 8.27. The van der Waals surface area contributed by atoms with Gasteiger partial charge in [-0.25, -0.2) is 9.59 Å². The van der Waals surface area contributed by atoms with Crippen molar-refractivity contribution in [2.24, 2.45) is 0 Å². The third kappa shape index (κ3) is 5.33. The predicted octanol–water partition coefficient (Wildman–Crippen LogP) is 1.02. The molecule has 0 aliphatic heterocycles. The van der Waals surface area contributed by atoms with E-state index in [0.717, 1.165) is 25.7 Å². The molecule has 0 rings (SSSR count). The van der Waals surface area contributed by atoms with Gasteiger partial charge in [0.2, 0.25) is 0 Å². The molecule has 0 saturated heterocycles. The average Bonchev–Trinajstić information content (AvgIpc) is 2.52. The van der Waals surface area contributed by atoms with Gasteiger partial charge in [0.25, 0.3) is 0 Å². The summed E-state index contributed by atoms with van der Waals surface area (Å²) < 4.78 is -0.561. The SMILES string of the molecule is C=CCCCCCC[N+](C(C)C(=O)[O-])(C(C)C(=O)O)C(C)C(=O)O. The second kappa shape index (κ2) is 10.1. The van der Waals surface area contributed by atoms with Gasteiger partial charge in [0, 0.05) is 0 Å². The molecular weight excluding hydrogens is 314 g/mol. The van der Waals surface area contributed by atoms with Crippen LogP contribution in [0.4, 0.5) is 0 Å². The van der Waals surface area contributed by atoms with E-state index in [9.17, 15) is 29.7 Å². The van der Waals surface area contributed by atoms with Gasteiger partial charge in [0.1, 0.15) is 6.04 Å². The van der Waals surface area contributed by atoms with Crippen LogP contribution in [0.25, 0.3) is 0 Å². The molecule has 0 aromatic heterocycles. The van der Waals surface area contributed by atoms with Crippen molar-refractivity contribution in [1.82, 2.24) is 0 Å².